The molecular formula is C56H124O4. The van der Waals surface area contributed by atoms with E-state index in [4.69, 9.17) is 0 Å². The van der Waals surface area contributed by atoms with Crippen molar-refractivity contribution in [2.45, 2.75) is 336 Å². The number of hydrogen-bond donors (Lipinski definition) is 2. The fourth-order valence-corrected chi connectivity index (χ4v) is 6.13. The Bertz CT molecular complexity index is 521. The zero-order valence-corrected chi connectivity index (χ0v) is 45.5. The minimum atomic E-state index is -0.862. The molecule has 0 saturated heterocycles. The van der Waals surface area contributed by atoms with Crippen LogP contribution in [0.25, 0.3) is 0 Å². The minimum absolute atomic E-state index is 0.249. The summed E-state index contributed by atoms with van der Waals surface area (Å²) in [6.07, 6.45) is 43.4. The molecule has 0 aliphatic rings. The number of unbranched alkanes of at least 4 members (excludes halogenated alkanes) is 23. The maximum atomic E-state index is 11.3. The van der Waals surface area contributed by atoms with Crippen LogP contribution in [0.4, 0.5) is 0 Å². The third kappa shape index (κ3) is 88.2. The van der Waals surface area contributed by atoms with Crippen molar-refractivity contribution >= 4 is 11.9 Å². The number of rotatable bonds is 31. The van der Waals surface area contributed by atoms with Crippen molar-refractivity contribution in [2.75, 3.05) is 0 Å². The molecule has 372 valence electrons. The molecule has 0 rings (SSSR count). The highest BCUT2D eigenvalue weighted by atomic mass is 16.4. The van der Waals surface area contributed by atoms with E-state index in [1.165, 1.54) is 180 Å². The van der Waals surface area contributed by atoms with Gasteiger partial charge in [0.25, 0.3) is 0 Å². The van der Waals surface area contributed by atoms with Crippen molar-refractivity contribution in [3.05, 3.63) is 0 Å². The molecule has 0 fully saturated rings. The van der Waals surface area contributed by atoms with Gasteiger partial charge in [-0.05, 0) is 25.2 Å². The fourth-order valence-electron chi connectivity index (χ4n) is 6.13. The van der Waals surface area contributed by atoms with E-state index in [-0.39, 0.29) is 5.92 Å². The summed E-state index contributed by atoms with van der Waals surface area (Å²) in [6.45, 7) is 37.0. The lowest BCUT2D eigenvalue weighted by Crippen LogP contribution is -2.33. The van der Waals surface area contributed by atoms with Gasteiger partial charge in [0, 0.05) is 0 Å². The fraction of sp³-hybridized carbons (Fsp3) is 0.964. The van der Waals surface area contributed by atoms with Gasteiger partial charge in [0.2, 0.25) is 0 Å². The Morgan fingerprint density at radius 2 is 0.400 bits per heavy atom. The van der Waals surface area contributed by atoms with E-state index in [2.05, 4.69) is 104 Å². The van der Waals surface area contributed by atoms with Crippen molar-refractivity contribution < 1.29 is 19.8 Å². The Balaban J connectivity index is -0.0000000913. The lowest BCUT2D eigenvalue weighted by molar-refractivity contribution is -0.150. The summed E-state index contributed by atoms with van der Waals surface area (Å²) in [7, 11) is 0. The van der Waals surface area contributed by atoms with Gasteiger partial charge < -0.3 is 10.2 Å². The maximum Gasteiger partial charge on any atom is 0.306 e. The average Bonchev–Trinajstić information content (AvgIpc) is 3.25. The molecule has 0 bridgehead atoms. The normalized spacial score (nSPS) is 11.1. The molecule has 0 saturated carbocycles. The second-order valence-electron chi connectivity index (χ2n) is 16.8. The number of carboxylic acids is 2. The molecule has 60 heavy (non-hydrogen) atoms. The number of hydrogen-bond acceptors (Lipinski definition) is 2. The zero-order valence-electron chi connectivity index (χ0n) is 45.5. The second kappa shape index (κ2) is 81.7. The van der Waals surface area contributed by atoms with Crippen molar-refractivity contribution in [3.63, 3.8) is 0 Å². The maximum absolute atomic E-state index is 11.3. The predicted molar refractivity (Wildman–Crippen MR) is 279 cm³/mol. The molecule has 4 heteroatoms. The number of aliphatic carboxylic acids is 2. The average molecular weight is 862 g/mol. The molecule has 0 aliphatic carbocycles. The van der Waals surface area contributed by atoms with Gasteiger partial charge >= 0.3 is 11.9 Å². The van der Waals surface area contributed by atoms with Crippen LogP contribution in [0.15, 0.2) is 0 Å². The summed E-state index contributed by atoms with van der Waals surface area (Å²) in [5.41, 5.74) is 0. The first kappa shape index (κ1) is 76.3. The molecule has 0 amide bonds. The van der Waals surface area contributed by atoms with E-state index >= 15 is 0 Å². The predicted octanol–water partition coefficient (Wildman–Crippen LogP) is 21.5. The Morgan fingerprint density at radius 3 is 0.500 bits per heavy atom. The number of carbonyl (C=O) groups is 2. The van der Waals surface area contributed by atoms with Crippen molar-refractivity contribution in [1.29, 1.82) is 0 Å². The van der Waals surface area contributed by atoms with E-state index in [0.717, 1.165) is 19.3 Å². The highest BCUT2D eigenvalue weighted by molar-refractivity contribution is 5.74. The van der Waals surface area contributed by atoms with Gasteiger partial charge in [-0.15, -0.1) is 0 Å². The third-order valence-corrected chi connectivity index (χ3v) is 10.4. The largest absolute Gasteiger partial charge is 0.481 e. The Kier molecular flexibility index (Phi) is 104. The van der Waals surface area contributed by atoms with Crippen molar-refractivity contribution in [1.82, 2.24) is 0 Å². The van der Waals surface area contributed by atoms with Crippen LogP contribution in [0.2, 0.25) is 0 Å². The SMILES string of the molecule is CCCCCC.CCCCCC.CCCCCC.CCCCCC.CCCCCC.CCCCCC.CCCCCC.CCCCCC(C(CC)C(=O)O)C(CC)C(=O)O. The molecule has 0 radical (unpaired) electrons. The van der Waals surface area contributed by atoms with Gasteiger partial charge in [0.05, 0.1) is 11.8 Å². The molecule has 4 nitrogen and oxygen atoms in total. The summed E-state index contributed by atoms with van der Waals surface area (Å²) < 4.78 is 0. The molecule has 0 spiro atoms. The van der Waals surface area contributed by atoms with Crippen LogP contribution in [-0.2, 0) is 9.59 Å². The van der Waals surface area contributed by atoms with Gasteiger partial charge in [0.1, 0.15) is 0 Å². The van der Waals surface area contributed by atoms with E-state index in [1.54, 1.807) is 0 Å². The van der Waals surface area contributed by atoms with Gasteiger partial charge in [-0.1, -0.05) is 317 Å². The molecule has 0 aromatic carbocycles. The van der Waals surface area contributed by atoms with Crippen molar-refractivity contribution in [3.8, 4) is 0 Å². The third-order valence-electron chi connectivity index (χ3n) is 10.4. The molecule has 2 atom stereocenters. The monoisotopic (exact) mass is 861 g/mol. The quantitative estimate of drug-likeness (QED) is 0.0681. The molecule has 0 heterocycles. The van der Waals surface area contributed by atoms with E-state index in [9.17, 15) is 19.8 Å². The van der Waals surface area contributed by atoms with Crippen LogP contribution in [0.1, 0.15) is 336 Å². The Morgan fingerprint density at radius 1 is 0.267 bits per heavy atom. The summed E-state index contributed by atoms with van der Waals surface area (Å²) in [6, 6.07) is 0. The minimum Gasteiger partial charge on any atom is -0.481 e. The first-order valence-electron chi connectivity index (χ1n) is 27.3. The lowest BCUT2D eigenvalue weighted by Gasteiger charge is -2.28. The topological polar surface area (TPSA) is 74.6 Å². The van der Waals surface area contributed by atoms with Gasteiger partial charge in [-0.3, -0.25) is 9.59 Å². The van der Waals surface area contributed by atoms with Gasteiger partial charge in [-0.2, -0.15) is 0 Å². The highest BCUT2D eigenvalue weighted by Gasteiger charge is 2.35. The van der Waals surface area contributed by atoms with Crippen LogP contribution >= 0.6 is 0 Å². The standard InChI is InChI=1S/C14H26O4.7C6H14/c1-4-7-8-9-12(10(5-2)13(15)16)11(6-3)14(17)18;7*1-3-5-6-4-2/h10-12H,4-9H2,1-3H3,(H,15,16)(H,17,18);7*3-6H2,1-2H3. The molecular weight excluding hydrogens is 737 g/mol. The highest BCUT2D eigenvalue weighted by Crippen LogP contribution is 2.32. The van der Waals surface area contributed by atoms with E-state index < -0.39 is 23.8 Å². The Hall–Kier alpha value is -1.06. The second-order valence-corrected chi connectivity index (χ2v) is 16.8. The van der Waals surface area contributed by atoms with Crippen LogP contribution in [-0.4, -0.2) is 22.2 Å². The van der Waals surface area contributed by atoms with Crippen molar-refractivity contribution in [2.24, 2.45) is 17.8 Å². The van der Waals surface area contributed by atoms with Crippen LogP contribution in [0.5, 0.6) is 0 Å². The number of carboxylic acid groups (broad SMARTS) is 2. The smallest absolute Gasteiger partial charge is 0.306 e. The van der Waals surface area contributed by atoms with Crippen LogP contribution < -0.4 is 0 Å². The molecule has 2 unspecified atom stereocenters. The first-order chi connectivity index (χ1) is 28.9. The summed E-state index contributed by atoms with van der Waals surface area (Å²) in [4.78, 5) is 22.5. The van der Waals surface area contributed by atoms with E-state index in [1.807, 2.05) is 13.8 Å². The Labute approximate surface area is 384 Å². The van der Waals surface area contributed by atoms with Gasteiger partial charge in [-0.25, -0.2) is 0 Å². The molecule has 0 aliphatic heterocycles. The lowest BCUT2D eigenvalue weighted by atomic mass is 9.76. The summed E-state index contributed by atoms with van der Waals surface area (Å²) in [5, 5.41) is 18.5. The summed E-state index contributed by atoms with van der Waals surface area (Å²) >= 11 is 0. The summed E-state index contributed by atoms with van der Waals surface area (Å²) in [5.74, 6) is -3.05. The molecule has 2 N–H and O–H groups in total. The zero-order chi connectivity index (χ0) is 47.9. The van der Waals surface area contributed by atoms with E-state index in [0.29, 0.717) is 19.3 Å². The van der Waals surface area contributed by atoms with Crippen LogP contribution in [0, 0.1) is 17.8 Å². The van der Waals surface area contributed by atoms with Gasteiger partial charge in [0.15, 0.2) is 0 Å². The first-order valence-corrected chi connectivity index (χ1v) is 27.3. The molecule has 0 aromatic heterocycles. The van der Waals surface area contributed by atoms with Crippen LogP contribution in [0.3, 0.4) is 0 Å². The molecule has 0 aromatic rings.